The van der Waals surface area contributed by atoms with E-state index >= 15 is 0 Å². The van der Waals surface area contributed by atoms with Gasteiger partial charge < -0.3 is 0 Å². The van der Waals surface area contributed by atoms with E-state index < -0.39 is 0 Å². The minimum absolute atomic E-state index is 0.192. The number of aromatic nitrogens is 9. The summed E-state index contributed by atoms with van der Waals surface area (Å²) in [7, 11) is 0. The number of nitrogens with zero attached hydrogens (tertiary/aromatic N) is 14. The van der Waals surface area contributed by atoms with Gasteiger partial charge in [-0.3, -0.25) is 28.7 Å². The van der Waals surface area contributed by atoms with Crippen LogP contribution in [-0.2, 0) is 0 Å². The first kappa shape index (κ1) is 35.2. The molecule has 0 bridgehead atoms. The van der Waals surface area contributed by atoms with Crippen LogP contribution in [0.5, 0.6) is 0 Å². The molecule has 0 aliphatic carbocycles. The summed E-state index contributed by atoms with van der Waals surface area (Å²) in [4.78, 5) is 41.1. The predicted octanol–water partition coefficient (Wildman–Crippen LogP) is 8.59. The molecule has 0 N–H and O–H groups in total. The molecule has 0 fully saturated rings. The number of benzene rings is 4. The van der Waals surface area contributed by atoms with E-state index in [-0.39, 0.29) is 22.4 Å². The molecule has 0 amide bonds. The Kier molecular flexibility index (Phi) is 7.72. The normalized spacial score (nSPS) is 11.7. The average Bonchev–Trinajstić information content (AvgIpc) is 3.82. The SMILES string of the molecule is [C-]#[N+]c1cc(C#N)cc(/C(c2cc(C#N)cc(C#N)c2)=c2\n3c4nccnc4c4c([N+]#[C-])ccc(c5ccc(-c6ccncc6)c6c7nc(-c8cnccn8)cnc7n2c56)c43)c1. The van der Waals surface area contributed by atoms with Crippen LogP contribution in [0, 0.1) is 47.1 Å². The lowest BCUT2D eigenvalue weighted by Gasteiger charge is -2.13. The Morgan fingerprint density at radius 2 is 1.23 bits per heavy atom. The smallest absolute Gasteiger partial charge is 0.198 e. The molecule has 0 saturated carbocycles. The third-order valence-corrected chi connectivity index (χ3v) is 10.9. The van der Waals surface area contributed by atoms with Crippen molar-refractivity contribution >= 4 is 71.9 Å². The van der Waals surface area contributed by atoms with Gasteiger partial charge in [0.2, 0.25) is 0 Å². The average molecular weight is 793 g/mol. The van der Waals surface area contributed by atoms with Crippen molar-refractivity contribution in [3.63, 3.8) is 0 Å². The molecule has 4 aromatic carbocycles. The summed E-state index contributed by atoms with van der Waals surface area (Å²) in [6, 6.07) is 27.9. The highest BCUT2D eigenvalue weighted by Crippen LogP contribution is 2.43. The van der Waals surface area contributed by atoms with Crippen LogP contribution in [0.25, 0.3) is 92.7 Å². The van der Waals surface area contributed by atoms with Crippen LogP contribution in [0.4, 0.5) is 11.4 Å². The number of hydrogen-bond acceptors (Lipinski definition) is 10. The second-order valence-electron chi connectivity index (χ2n) is 14.2. The third-order valence-electron chi connectivity index (χ3n) is 10.9. The molecule has 62 heavy (non-hydrogen) atoms. The van der Waals surface area contributed by atoms with Crippen molar-refractivity contribution in [1.82, 2.24) is 43.7 Å². The molecule has 7 aromatic heterocycles. The van der Waals surface area contributed by atoms with Gasteiger partial charge in [0.25, 0.3) is 0 Å². The molecule has 0 radical (unpaired) electrons. The van der Waals surface area contributed by atoms with E-state index in [1.165, 1.54) is 12.1 Å². The predicted molar refractivity (Wildman–Crippen MR) is 230 cm³/mol. The lowest BCUT2D eigenvalue weighted by molar-refractivity contribution is 0.997. The molecule has 0 saturated heterocycles. The van der Waals surface area contributed by atoms with Crippen LogP contribution in [0.3, 0.4) is 0 Å². The molecule has 14 heteroatoms. The van der Waals surface area contributed by atoms with E-state index in [0.29, 0.717) is 78.0 Å². The molecule has 0 aliphatic rings. The van der Waals surface area contributed by atoms with Crippen molar-refractivity contribution in [3.8, 4) is 40.7 Å². The Morgan fingerprint density at radius 3 is 1.92 bits per heavy atom. The van der Waals surface area contributed by atoms with Crippen LogP contribution < -0.4 is 5.48 Å². The molecule has 0 aliphatic heterocycles. The van der Waals surface area contributed by atoms with E-state index in [1.54, 1.807) is 79.9 Å². The fourth-order valence-electron chi connectivity index (χ4n) is 8.51. The van der Waals surface area contributed by atoms with Crippen LogP contribution in [-0.4, -0.2) is 43.7 Å². The van der Waals surface area contributed by atoms with E-state index in [9.17, 15) is 15.8 Å². The molecule has 11 aromatic rings. The molecule has 282 valence electrons. The molecule has 14 nitrogen and oxygen atoms in total. The summed E-state index contributed by atoms with van der Waals surface area (Å²) >= 11 is 0. The number of hydrogen-bond donors (Lipinski definition) is 0. The maximum Gasteiger partial charge on any atom is 0.198 e. The molecule has 0 spiro atoms. The summed E-state index contributed by atoms with van der Waals surface area (Å²) in [5.74, 6) is 0. The van der Waals surface area contributed by atoms with Crippen molar-refractivity contribution in [2.24, 2.45) is 0 Å². The maximum atomic E-state index is 10.3. The van der Waals surface area contributed by atoms with Crippen molar-refractivity contribution in [1.29, 1.82) is 15.8 Å². The first-order valence-corrected chi connectivity index (χ1v) is 18.8. The molecular formula is C48H20N14. The highest BCUT2D eigenvalue weighted by atomic mass is 15.1. The van der Waals surface area contributed by atoms with Crippen LogP contribution in [0.1, 0.15) is 27.8 Å². The van der Waals surface area contributed by atoms with Gasteiger partial charge >= 0.3 is 0 Å². The van der Waals surface area contributed by atoms with E-state index in [4.69, 9.17) is 33.1 Å². The zero-order valence-corrected chi connectivity index (χ0v) is 31.8. The van der Waals surface area contributed by atoms with E-state index in [2.05, 4.69) is 42.8 Å². The Hall–Kier alpha value is -9.94. The van der Waals surface area contributed by atoms with Crippen molar-refractivity contribution in [3.05, 3.63) is 179 Å². The minimum atomic E-state index is 0.192. The van der Waals surface area contributed by atoms with Crippen LogP contribution in [0.2, 0.25) is 0 Å². The van der Waals surface area contributed by atoms with E-state index in [1.807, 2.05) is 39.1 Å². The molecular weight excluding hydrogens is 773 g/mol. The second kappa shape index (κ2) is 13.6. The Balaban J connectivity index is 1.56. The molecule has 0 atom stereocenters. The lowest BCUT2D eigenvalue weighted by Crippen LogP contribution is -2.25. The minimum Gasteiger partial charge on any atom is -0.278 e. The third kappa shape index (κ3) is 5.08. The van der Waals surface area contributed by atoms with Crippen molar-refractivity contribution in [2.45, 2.75) is 0 Å². The van der Waals surface area contributed by atoms with Gasteiger partial charge in [-0.25, -0.2) is 24.6 Å². The topological polar surface area (TPSA) is 179 Å². The van der Waals surface area contributed by atoms with Gasteiger partial charge in [0, 0.05) is 69.9 Å². The number of pyridine rings is 1. The van der Waals surface area contributed by atoms with Crippen molar-refractivity contribution in [2.75, 3.05) is 0 Å². The summed E-state index contributed by atoms with van der Waals surface area (Å²) in [5.41, 5.74) is 8.63. The summed E-state index contributed by atoms with van der Waals surface area (Å²) < 4.78 is 3.92. The Morgan fingerprint density at radius 1 is 0.565 bits per heavy atom. The maximum absolute atomic E-state index is 10.3. The summed E-state index contributed by atoms with van der Waals surface area (Å²) in [6.07, 6.45) is 13.0. The lowest BCUT2D eigenvalue weighted by atomic mass is 9.93. The Bertz CT molecular complexity index is 3900. The standard InChI is InChI=1S/C48H20N14/c1-52-32-19-28(23-51)18-31(20-32)39(30-16-26(21-49)15-27(17-30)22-50)48-61-44-34(35-5-6-36(53-2)41-42-46(58-14-13-57-42)62(48)45(35)41)4-3-33(29-7-9-54-10-8-29)40(44)43-47(61)59-25-38(60-43)37-24-55-11-12-56-37/h3-20,24-25H/b48-39-. The quantitative estimate of drug-likeness (QED) is 0.157. The fourth-order valence-corrected chi connectivity index (χ4v) is 8.51. The molecule has 0 unspecified atom stereocenters. The highest BCUT2D eigenvalue weighted by Gasteiger charge is 2.27. The zero-order chi connectivity index (χ0) is 42.1. The largest absolute Gasteiger partial charge is 0.278 e. The van der Waals surface area contributed by atoms with Gasteiger partial charge in [0.15, 0.2) is 22.7 Å². The van der Waals surface area contributed by atoms with Gasteiger partial charge in [0.1, 0.15) is 27.9 Å². The first-order valence-electron chi connectivity index (χ1n) is 18.8. The van der Waals surface area contributed by atoms with Crippen LogP contribution in [0.15, 0.2) is 122 Å². The summed E-state index contributed by atoms with van der Waals surface area (Å²) in [5, 5.41) is 33.9. The van der Waals surface area contributed by atoms with Gasteiger partial charge in [-0.05, 0) is 70.8 Å². The second-order valence-corrected chi connectivity index (χ2v) is 14.2. The Labute approximate surface area is 349 Å². The molecule has 7 heterocycles. The van der Waals surface area contributed by atoms with Crippen molar-refractivity contribution < 1.29 is 0 Å². The number of nitriles is 3. The zero-order valence-electron chi connectivity index (χ0n) is 31.8. The van der Waals surface area contributed by atoms with Gasteiger partial charge in [0.05, 0.1) is 65.9 Å². The van der Waals surface area contributed by atoms with Gasteiger partial charge in [-0.1, -0.05) is 24.3 Å². The fraction of sp³-hybridized carbons (Fsp3) is 0. The number of rotatable bonds is 4. The van der Waals surface area contributed by atoms with E-state index in [0.717, 1.165) is 27.3 Å². The number of fused-ring (bicyclic) bond motifs is 7. The van der Waals surface area contributed by atoms with Gasteiger partial charge in [-0.15, -0.1) is 0 Å². The summed E-state index contributed by atoms with van der Waals surface area (Å²) in [6.45, 7) is 16.4. The van der Waals surface area contributed by atoms with Gasteiger partial charge in [-0.2, -0.15) is 15.8 Å². The monoisotopic (exact) mass is 792 g/mol. The first-order chi connectivity index (χ1) is 30.5. The highest BCUT2D eigenvalue weighted by molar-refractivity contribution is 6.27. The van der Waals surface area contributed by atoms with Crippen LogP contribution >= 0.6 is 0 Å². The molecule has 11 rings (SSSR count).